The summed E-state index contributed by atoms with van der Waals surface area (Å²) in [6.45, 7) is 1.91. The van der Waals surface area contributed by atoms with Gasteiger partial charge in [-0.15, -0.1) is 0 Å². The SMILES string of the molecule is CC(NC(=O)Cc1c(S(C)(=O)=O)c(-c2ccccc2)nc2ccccc12)c1ccccc1. The predicted molar refractivity (Wildman–Crippen MR) is 127 cm³/mol. The van der Waals surface area contributed by atoms with E-state index in [1.165, 1.54) is 6.26 Å². The summed E-state index contributed by atoms with van der Waals surface area (Å²) in [6, 6.07) is 26.0. The summed E-state index contributed by atoms with van der Waals surface area (Å²) in [6.07, 6.45) is 1.10. The van der Waals surface area contributed by atoms with Gasteiger partial charge in [-0.05, 0) is 24.1 Å². The Morgan fingerprint density at radius 1 is 0.906 bits per heavy atom. The first-order valence-corrected chi connectivity index (χ1v) is 12.2. The number of para-hydroxylation sites is 1. The van der Waals surface area contributed by atoms with Crippen LogP contribution in [0, 0.1) is 0 Å². The van der Waals surface area contributed by atoms with Crippen molar-refractivity contribution in [3.8, 4) is 11.3 Å². The lowest BCUT2D eigenvalue weighted by Gasteiger charge is -2.18. The average Bonchev–Trinajstić information content (AvgIpc) is 2.79. The fourth-order valence-corrected chi connectivity index (χ4v) is 5.05. The lowest BCUT2D eigenvalue weighted by Crippen LogP contribution is -2.28. The molecule has 0 radical (unpaired) electrons. The minimum atomic E-state index is -3.67. The number of carbonyl (C=O) groups is 1. The highest BCUT2D eigenvalue weighted by atomic mass is 32.2. The van der Waals surface area contributed by atoms with Gasteiger partial charge in [-0.2, -0.15) is 0 Å². The quantitative estimate of drug-likeness (QED) is 0.467. The molecule has 1 unspecified atom stereocenters. The number of sulfone groups is 1. The number of nitrogens with one attached hydrogen (secondary N) is 1. The first-order valence-electron chi connectivity index (χ1n) is 10.4. The van der Waals surface area contributed by atoms with Crippen molar-refractivity contribution in [2.75, 3.05) is 6.26 Å². The number of fused-ring (bicyclic) bond motifs is 1. The largest absolute Gasteiger partial charge is 0.349 e. The van der Waals surface area contributed by atoms with Gasteiger partial charge in [0.1, 0.15) is 0 Å². The number of pyridine rings is 1. The Hall–Kier alpha value is -3.51. The van der Waals surface area contributed by atoms with Crippen molar-refractivity contribution in [1.29, 1.82) is 0 Å². The van der Waals surface area contributed by atoms with Crippen molar-refractivity contribution < 1.29 is 13.2 Å². The van der Waals surface area contributed by atoms with Gasteiger partial charge in [0.15, 0.2) is 9.84 Å². The number of benzene rings is 3. The lowest BCUT2D eigenvalue weighted by molar-refractivity contribution is -0.121. The Labute approximate surface area is 188 Å². The van der Waals surface area contributed by atoms with Crippen LogP contribution in [-0.4, -0.2) is 25.6 Å². The predicted octanol–water partition coefficient (Wildman–Crippen LogP) is 4.73. The first kappa shape index (κ1) is 21.7. The normalized spacial score (nSPS) is 12.4. The molecule has 4 rings (SSSR count). The third-order valence-corrected chi connectivity index (χ3v) is 6.56. The molecule has 0 aliphatic heterocycles. The number of amides is 1. The number of nitrogens with zero attached hydrogens (tertiary/aromatic N) is 1. The summed E-state index contributed by atoms with van der Waals surface area (Å²) < 4.78 is 25.9. The molecular formula is C26H24N2O3S. The van der Waals surface area contributed by atoms with Crippen molar-refractivity contribution in [2.24, 2.45) is 0 Å². The number of hydrogen-bond acceptors (Lipinski definition) is 4. The molecule has 1 aromatic heterocycles. The molecule has 1 N–H and O–H groups in total. The van der Waals surface area contributed by atoms with E-state index < -0.39 is 9.84 Å². The minimum Gasteiger partial charge on any atom is -0.349 e. The monoisotopic (exact) mass is 444 g/mol. The van der Waals surface area contributed by atoms with Crippen molar-refractivity contribution in [2.45, 2.75) is 24.3 Å². The molecule has 0 bridgehead atoms. The summed E-state index contributed by atoms with van der Waals surface area (Å²) in [5, 5.41) is 3.66. The second-order valence-corrected chi connectivity index (χ2v) is 9.75. The maximum absolute atomic E-state index is 13.0. The van der Waals surface area contributed by atoms with Crippen molar-refractivity contribution in [3.63, 3.8) is 0 Å². The van der Waals surface area contributed by atoms with Crippen LogP contribution in [0.2, 0.25) is 0 Å². The molecule has 1 heterocycles. The molecule has 0 aliphatic carbocycles. The van der Waals surface area contributed by atoms with E-state index in [-0.39, 0.29) is 23.3 Å². The summed E-state index contributed by atoms with van der Waals surface area (Å²) in [5.74, 6) is -0.249. The summed E-state index contributed by atoms with van der Waals surface area (Å²) in [5.41, 5.74) is 3.16. The molecule has 0 saturated carbocycles. The van der Waals surface area contributed by atoms with Gasteiger partial charge in [0, 0.05) is 17.2 Å². The van der Waals surface area contributed by atoms with Gasteiger partial charge in [0.25, 0.3) is 0 Å². The van der Waals surface area contributed by atoms with Gasteiger partial charge in [0.2, 0.25) is 5.91 Å². The van der Waals surface area contributed by atoms with Crippen LogP contribution in [0.15, 0.2) is 89.8 Å². The Balaban J connectivity index is 1.83. The van der Waals surface area contributed by atoms with Crippen LogP contribution < -0.4 is 5.32 Å². The van der Waals surface area contributed by atoms with Crippen molar-refractivity contribution in [3.05, 3.63) is 96.1 Å². The Bertz CT molecular complexity index is 1370. The van der Waals surface area contributed by atoms with Crippen LogP contribution in [0.3, 0.4) is 0 Å². The van der Waals surface area contributed by atoms with Gasteiger partial charge in [-0.3, -0.25) is 4.79 Å². The van der Waals surface area contributed by atoms with E-state index in [9.17, 15) is 13.2 Å². The van der Waals surface area contributed by atoms with Crippen LogP contribution in [0.4, 0.5) is 0 Å². The third-order valence-electron chi connectivity index (χ3n) is 5.38. The second kappa shape index (κ2) is 8.93. The van der Waals surface area contributed by atoms with Crippen LogP contribution in [0.1, 0.15) is 24.1 Å². The second-order valence-electron chi connectivity index (χ2n) is 7.80. The Morgan fingerprint density at radius 2 is 1.50 bits per heavy atom. The lowest BCUT2D eigenvalue weighted by atomic mass is 10.0. The molecule has 5 nitrogen and oxygen atoms in total. The molecule has 1 atom stereocenters. The van der Waals surface area contributed by atoms with Crippen LogP contribution in [0.5, 0.6) is 0 Å². The number of rotatable bonds is 6. The van der Waals surface area contributed by atoms with Gasteiger partial charge < -0.3 is 5.32 Å². The maximum atomic E-state index is 13.0. The van der Waals surface area contributed by atoms with Gasteiger partial charge in [0.05, 0.1) is 28.6 Å². The third kappa shape index (κ3) is 4.55. The van der Waals surface area contributed by atoms with Gasteiger partial charge in [-0.25, -0.2) is 13.4 Å². The van der Waals surface area contributed by atoms with E-state index in [1.807, 2.05) is 91.9 Å². The molecule has 0 saturated heterocycles. The molecule has 0 fully saturated rings. The smallest absolute Gasteiger partial charge is 0.224 e. The van der Waals surface area contributed by atoms with E-state index in [0.29, 0.717) is 27.7 Å². The van der Waals surface area contributed by atoms with Gasteiger partial charge in [-0.1, -0.05) is 78.9 Å². The standard InChI is InChI=1S/C26H24N2O3S/c1-18(19-11-5-3-6-12-19)27-24(29)17-22-21-15-9-10-16-23(21)28-25(26(22)32(2,30)31)20-13-7-4-8-14-20/h3-16,18H,17H2,1-2H3,(H,27,29). The molecular weight excluding hydrogens is 420 g/mol. The molecule has 162 valence electrons. The zero-order chi connectivity index (χ0) is 22.7. The molecule has 0 spiro atoms. The molecule has 6 heteroatoms. The van der Waals surface area contributed by atoms with E-state index in [1.54, 1.807) is 0 Å². The number of carbonyl (C=O) groups excluding carboxylic acids is 1. The molecule has 32 heavy (non-hydrogen) atoms. The van der Waals surface area contributed by atoms with Gasteiger partial charge >= 0.3 is 0 Å². The molecule has 1 amide bonds. The Kier molecular flexibility index (Phi) is 6.06. The zero-order valence-electron chi connectivity index (χ0n) is 17.9. The van der Waals surface area contributed by atoms with E-state index in [4.69, 9.17) is 0 Å². The fourth-order valence-electron chi connectivity index (χ4n) is 3.91. The van der Waals surface area contributed by atoms with E-state index >= 15 is 0 Å². The van der Waals surface area contributed by atoms with Crippen LogP contribution in [-0.2, 0) is 21.1 Å². The van der Waals surface area contributed by atoms with Crippen molar-refractivity contribution in [1.82, 2.24) is 10.3 Å². The van der Waals surface area contributed by atoms with E-state index in [0.717, 1.165) is 5.56 Å². The zero-order valence-corrected chi connectivity index (χ0v) is 18.8. The highest BCUT2D eigenvalue weighted by Crippen LogP contribution is 2.34. The highest BCUT2D eigenvalue weighted by molar-refractivity contribution is 7.91. The highest BCUT2D eigenvalue weighted by Gasteiger charge is 2.25. The fraction of sp³-hybridized carbons (Fsp3) is 0.154. The first-order chi connectivity index (χ1) is 15.3. The Morgan fingerprint density at radius 3 is 2.16 bits per heavy atom. The average molecular weight is 445 g/mol. The van der Waals surface area contributed by atoms with Crippen LogP contribution >= 0.6 is 0 Å². The molecule has 3 aromatic carbocycles. The summed E-state index contributed by atoms with van der Waals surface area (Å²) in [4.78, 5) is 17.8. The van der Waals surface area contributed by atoms with E-state index in [2.05, 4.69) is 10.3 Å². The summed E-state index contributed by atoms with van der Waals surface area (Å²) in [7, 11) is -3.67. The van der Waals surface area contributed by atoms with Crippen molar-refractivity contribution >= 4 is 26.6 Å². The number of aromatic nitrogens is 1. The van der Waals surface area contributed by atoms with Crippen LogP contribution in [0.25, 0.3) is 22.2 Å². The molecule has 0 aliphatic rings. The minimum absolute atomic E-state index is 0.0670. The maximum Gasteiger partial charge on any atom is 0.224 e. The topological polar surface area (TPSA) is 76.1 Å². The number of hydrogen-bond donors (Lipinski definition) is 1. The summed E-state index contributed by atoms with van der Waals surface area (Å²) >= 11 is 0. The molecule has 4 aromatic rings.